The summed E-state index contributed by atoms with van der Waals surface area (Å²) in [5.41, 5.74) is 3.09. The average Bonchev–Trinajstić information content (AvgIpc) is 2.04. The van der Waals surface area contributed by atoms with E-state index in [1.165, 1.54) is 0 Å². The van der Waals surface area contributed by atoms with Crippen LogP contribution in [0.25, 0.3) is 0 Å². The van der Waals surface area contributed by atoms with Crippen molar-refractivity contribution in [2.24, 2.45) is 0 Å². The molecule has 0 aromatic carbocycles. The van der Waals surface area contributed by atoms with E-state index in [9.17, 15) is 0 Å². The topological polar surface area (TPSA) is 40.2 Å². The highest BCUT2D eigenvalue weighted by molar-refractivity contribution is 5.44. The number of rotatable bonds is 4. The minimum absolute atomic E-state index is 0.850. The molecule has 1 aromatic rings. The van der Waals surface area contributed by atoms with Crippen molar-refractivity contribution < 1.29 is 0 Å². The summed E-state index contributed by atoms with van der Waals surface area (Å²) in [6, 6.07) is 5.85. The zero-order chi connectivity index (χ0) is 9.68. The Labute approximate surface area is 78.9 Å². The predicted molar refractivity (Wildman–Crippen MR) is 55.7 cm³/mol. The van der Waals surface area contributed by atoms with Crippen molar-refractivity contribution in [2.75, 3.05) is 31.4 Å². The van der Waals surface area contributed by atoms with Crippen LogP contribution in [0.15, 0.2) is 18.2 Å². The second-order valence-corrected chi connectivity index (χ2v) is 2.94. The first kappa shape index (κ1) is 9.80. The normalized spacial score (nSPS) is 10.2. The summed E-state index contributed by atoms with van der Waals surface area (Å²) >= 11 is 0. The molecule has 0 amide bonds. The van der Waals surface area contributed by atoms with E-state index < -0.39 is 0 Å². The standard InChI is InChI=1S/C9H16N4/c1-4-10-8-6-5-7-9(11-8)12-13(2)3/h5-7H,4H2,1-3H3,(H2,10,11,12). The van der Waals surface area contributed by atoms with E-state index >= 15 is 0 Å². The van der Waals surface area contributed by atoms with Gasteiger partial charge in [-0.3, -0.25) is 0 Å². The van der Waals surface area contributed by atoms with Gasteiger partial charge in [-0.1, -0.05) is 6.07 Å². The molecule has 72 valence electrons. The van der Waals surface area contributed by atoms with E-state index in [0.29, 0.717) is 0 Å². The van der Waals surface area contributed by atoms with Crippen LogP contribution in [0.4, 0.5) is 11.6 Å². The number of hydrogen-bond donors (Lipinski definition) is 2. The van der Waals surface area contributed by atoms with Gasteiger partial charge in [0.25, 0.3) is 0 Å². The van der Waals surface area contributed by atoms with Crippen LogP contribution >= 0.6 is 0 Å². The number of pyridine rings is 1. The van der Waals surface area contributed by atoms with E-state index in [-0.39, 0.29) is 0 Å². The smallest absolute Gasteiger partial charge is 0.142 e. The Bertz CT molecular complexity index is 260. The van der Waals surface area contributed by atoms with E-state index in [1.807, 2.05) is 44.2 Å². The molecule has 1 aromatic heterocycles. The molecule has 0 unspecified atom stereocenters. The van der Waals surface area contributed by atoms with Gasteiger partial charge >= 0.3 is 0 Å². The van der Waals surface area contributed by atoms with E-state index in [0.717, 1.165) is 18.2 Å². The summed E-state index contributed by atoms with van der Waals surface area (Å²) in [6.45, 7) is 2.94. The van der Waals surface area contributed by atoms with Gasteiger partial charge in [-0.15, -0.1) is 0 Å². The van der Waals surface area contributed by atoms with Gasteiger partial charge < -0.3 is 10.7 Å². The number of nitrogens with zero attached hydrogens (tertiary/aromatic N) is 2. The molecule has 0 bridgehead atoms. The van der Waals surface area contributed by atoms with Crippen LogP contribution in [0.1, 0.15) is 6.92 Å². The predicted octanol–water partition coefficient (Wildman–Crippen LogP) is 1.40. The molecule has 1 heterocycles. The van der Waals surface area contributed by atoms with Crippen LogP contribution in [-0.4, -0.2) is 30.6 Å². The molecule has 4 nitrogen and oxygen atoms in total. The van der Waals surface area contributed by atoms with Crippen molar-refractivity contribution >= 4 is 11.6 Å². The van der Waals surface area contributed by atoms with Crippen molar-refractivity contribution in [3.63, 3.8) is 0 Å². The van der Waals surface area contributed by atoms with Gasteiger partial charge in [-0.25, -0.2) is 9.99 Å². The maximum absolute atomic E-state index is 4.34. The van der Waals surface area contributed by atoms with Crippen LogP contribution in [0.3, 0.4) is 0 Å². The van der Waals surface area contributed by atoms with Crippen LogP contribution in [0.5, 0.6) is 0 Å². The molecular formula is C9H16N4. The summed E-state index contributed by atoms with van der Waals surface area (Å²) in [6.07, 6.45) is 0. The Balaban J connectivity index is 2.67. The molecule has 0 radical (unpaired) electrons. The zero-order valence-electron chi connectivity index (χ0n) is 8.33. The minimum Gasteiger partial charge on any atom is -0.370 e. The molecule has 4 heteroatoms. The lowest BCUT2D eigenvalue weighted by Crippen LogP contribution is -2.20. The minimum atomic E-state index is 0.850. The summed E-state index contributed by atoms with van der Waals surface area (Å²) in [7, 11) is 3.86. The summed E-state index contributed by atoms with van der Waals surface area (Å²) in [5, 5.41) is 5.01. The van der Waals surface area contributed by atoms with Crippen LogP contribution in [0, 0.1) is 0 Å². The Morgan fingerprint density at radius 2 is 2.00 bits per heavy atom. The molecule has 0 fully saturated rings. The monoisotopic (exact) mass is 180 g/mol. The third kappa shape index (κ3) is 3.29. The Hall–Kier alpha value is -1.29. The summed E-state index contributed by atoms with van der Waals surface area (Å²) < 4.78 is 0. The maximum atomic E-state index is 4.34. The largest absolute Gasteiger partial charge is 0.370 e. The van der Waals surface area contributed by atoms with Crippen LogP contribution < -0.4 is 10.7 Å². The molecule has 0 saturated heterocycles. The molecule has 0 aliphatic heterocycles. The highest BCUT2D eigenvalue weighted by atomic mass is 15.5. The maximum Gasteiger partial charge on any atom is 0.142 e. The van der Waals surface area contributed by atoms with Crippen molar-refractivity contribution in [3.8, 4) is 0 Å². The molecule has 0 saturated carbocycles. The second kappa shape index (κ2) is 4.67. The first-order chi connectivity index (χ1) is 6.22. The first-order valence-electron chi connectivity index (χ1n) is 4.37. The van der Waals surface area contributed by atoms with Crippen molar-refractivity contribution in [2.45, 2.75) is 6.92 Å². The third-order valence-electron chi connectivity index (χ3n) is 1.45. The quantitative estimate of drug-likeness (QED) is 0.687. The summed E-state index contributed by atoms with van der Waals surface area (Å²) in [4.78, 5) is 4.34. The van der Waals surface area contributed by atoms with Crippen molar-refractivity contribution in [1.82, 2.24) is 9.99 Å². The highest BCUT2D eigenvalue weighted by Gasteiger charge is 1.95. The fraction of sp³-hybridized carbons (Fsp3) is 0.444. The molecule has 2 N–H and O–H groups in total. The number of hydrazine groups is 1. The third-order valence-corrected chi connectivity index (χ3v) is 1.45. The highest BCUT2D eigenvalue weighted by Crippen LogP contribution is 2.08. The Morgan fingerprint density at radius 3 is 2.62 bits per heavy atom. The molecule has 0 aliphatic carbocycles. The van der Waals surface area contributed by atoms with Crippen molar-refractivity contribution in [3.05, 3.63) is 18.2 Å². The van der Waals surface area contributed by atoms with Gasteiger partial charge in [0.1, 0.15) is 11.6 Å². The van der Waals surface area contributed by atoms with Crippen molar-refractivity contribution in [1.29, 1.82) is 0 Å². The zero-order valence-corrected chi connectivity index (χ0v) is 8.33. The lowest BCUT2D eigenvalue weighted by Gasteiger charge is -2.13. The van der Waals surface area contributed by atoms with Crippen LogP contribution in [-0.2, 0) is 0 Å². The number of anilines is 2. The molecule has 0 aliphatic rings. The number of hydrogen-bond acceptors (Lipinski definition) is 4. The average molecular weight is 180 g/mol. The Morgan fingerprint density at radius 1 is 1.31 bits per heavy atom. The Kier molecular flexibility index (Phi) is 3.52. The second-order valence-electron chi connectivity index (χ2n) is 2.94. The van der Waals surface area contributed by atoms with E-state index in [1.54, 1.807) is 0 Å². The van der Waals surface area contributed by atoms with Gasteiger partial charge in [-0.2, -0.15) is 0 Å². The molecule has 0 spiro atoms. The lowest BCUT2D eigenvalue weighted by molar-refractivity contribution is 0.492. The number of nitrogens with one attached hydrogen (secondary N) is 2. The number of aromatic nitrogens is 1. The molecule has 13 heavy (non-hydrogen) atoms. The first-order valence-corrected chi connectivity index (χ1v) is 4.37. The van der Waals surface area contributed by atoms with Gasteiger partial charge in [0.15, 0.2) is 0 Å². The molecule has 1 rings (SSSR count). The van der Waals surface area contributed by atoms with Gasteiger partial charge in [-0.05, 0) is 19.1 Å². The lowest BCUT2D eigenvalue weighted by atomic mass is 10.4. The molecular weight excluding hydrogens is 164 g/mol. The fourth-order valence-electron chi connectivity index (χ4n) is 1.01. The van der Waals surface area contributed by atoms with Gasteiger partial charge in [0.05, 0.1) is 0 Å². The van der Waals surface area contributed by atoms with Gasteiger partial charge in [0, 0.05) is 20.6 Å². The fourth-order valence-corrected chi connectivity index (χ4v) is 1.01. The molecule has 0 atom stereocenters. The van der Waals surface area contributed by atoms with E-state index in [2.05, 4.69) is 15.7 Å². The van der Waals surface area contributed by atoms with Crippen LogP contribution in [0.2, 0.25) is 0 Å². The summed E-state index contributed by atoms with van der Waals surface area (Å²) in [5.74, 6) is 1.75. The van der Waals surface area contributed by atoms with Gasteiger partial charge in [0.2, 0.25) is 0 Å². The van der Waals surface area contributed by atoms with E-state index in [4.69, 9.17) is 0 Å². The SMILES string of the molecule is CCNc1cccc(NN(C)C)n1.